The summed E-state index contributed by atoms with van der Waals surface area (Å²) in [6.07, 6.45) is 1.23. The Hall–Kier alpha value is -2.25. The Bertz CT molecular complexity index is 1100. The summed E-state index contributed by atoms with van der Waals surface area (Å²) in [5.74, 6) is -3.39. The van der Waals surface area contributed by atoms with Gasteiger partial charge in [-0.25, -0.2) is 13.6 Å². The van der Waals surface area contributed by atoms with Crippen molar-refractivity contribution in [2.75, 3.05) is 6.61 Å². The highest BCUT2D eigenvalue weighted by Gasteiger charge is 2.22. The van der Waals surface area contributed by atoms with Crippen molar-refractivity contribution >= 4 is 44.4 Å². The molecule has 0 amide bonds. The molecular weight excluding hydrogens is 444 g/mol. The molecule has 0 bridgehead atoms. The Morgan fingerprint density at radius 2 is 1.93 bits per heavy atom. The maximum absolute atomic E-state index is 14.1. The number of carbonyl (C=O) groups excluding carboxylic acids is 1. The van der Waals surface area contributed by atoms with Gasteiger partial charge in [-0.15, -0.1) is 0 Å². The van der Waals surface area contributed by atoms with E-state index in [-0.39, 0.29) is 23.1 Å². The van der Waals surface area contributed by atoms with E-state index in [1.807, 2.05) is 12.1 Å². The van der Waals surface area contributed by atoms with Crippen molar-refractivity contribution in [1.29, 1.82) is 0 Å². The minimum atomic E-state index is -1.27. The molecule has 0 radical (unpaired) electrons. The van der Waals surface area contributed by atoms with Crippen LogP contribution < -0.4 is 5.43 Å². The molecule has 1 heterocycles. The lowest BCUT2D eigenvalue weighted by Crippen LogP contribution is -2.21. The van der Waals surface area contributed by atoms with Gasteiger partial charge in [-0.05, 0) is 30.7 Å². The van der Waals surface area contributed by atoms with Gasteiger partial charge in [-0.1, -0.05) is 39.7 Å². The number of hydrogen-bond acceptors (Lipinski definition) is 3. The third kappa shape index (κ3) is 3.49. The van der Waals surface area contributed by atoms with Gasteiger partial charge in [-0.3, -0.25) is 4.79 Å². The highest BCUT2D eigenvalue weighted by molar-refractivity contribution is 9.08. The second kappa shape index (κ2) is 7.78. The zero-order chi connectivity index (χ0) is 19.7. The first-order chi connectivity index (χ1) is 12.9. The van der Waals surface area contributed by atoms with Crippen LogP contribution in [0.25, 0.3) is 16.6 Å². The van der Waals surface area contributed by atoms with Crippen LogP contribution in [0.5, 0.6) is 0 Å². The lowest BCUT2D eigenvalue weighted by Gasteiger charge is -2.15. The number of halogens is 4. The van der Waals surface area contributed by atoms with Gasteiger partial charge in [0.2, 0.25) is 5.43 Å². The summed E-state index contributed by atoms with van der Waals surface area (Å²) in [4.78, 5) is 24.9. The molecule has 8 heteroatoms. The Morgan fingerprint density at radius 1 is 1.26 bits per heavy atom. The van der Waals surface area contributed by atoms with E-state index in [0.717, 1.165) is 11.6 Å². The maximum atomic E-state index is 14.1. The second-order valence-electron chi connectivity index (χ2n) is 5.64. The number of hydrogen-bond donors (Lipinski definition) is 0. The van der Waals surface area contributed by atoms with E-state index in [0.29, 0.717) is 11.0 Å². The van der Waals surface area contributed by atoms with E-state index < -0.39 is 28.1 Å². The molecule has 0 aliphatic rings. The van der Waals surface area contributed by atoms with Gasteiger partial charge < -0.3 is 9.30 Å². The molecule has 0 unspecified atom stereocenters. The fourth-order valence-corrected chi connectivity index (χ4v) is 3.35. The lowest BCUT2D eigenvalue weighted by atomic mass is 10.1. The molecule has 0 aliphatic carbocycles. The molecule has 0 spiro atoms. The van der Waals surface area contributed by atoms with Gasteiger partial charge in [0.05, 0.1) is 17.5 Å². The fourth-order valence-electron chi connectivity index (χ4n) is 2.69. The largest absolute Gasteiger partial charge is 0.462 e. The SMILES string of the molecule is CCOC(=O)c1cn(-c2ccc(CBr)cc2)c2c(Cl)c(F)c(F)cc2c1=O. The Labute approximate surface area is 166 Å². The van der Waals surface area contributed by atoms with Gasteiger partial charge >= 0.3 is 5.97 Å². The van der Waals surface area contributed by atoms with Gasteiger partial charge in [0.15, 0.2) is 11.6 Å². The Balaban J connectivity index is 2.41. The zero-order valence-electron chi connectivity index (χ0n) is 14.1. The standard InChI is InChI=1S/C19H13BrClF2NO3/c1-2-27-19(26)13-9-24(11-5-3-10(8-20)4-6-11)17-12(18(13)25)7-14(22)16(23)15(17)21/h3-7,9H,2,8H2,1H3. The van der Waals surface area contributed by atoms with Crippen LogP contribution in [0.4, 0.5) is 8.78 Å². The molecule has 3 aromatic rings. The summed E-state index contributed by atoms with van der Waals surface area (Å²) in [6, 6.07) is 7.79. The minimum absolute atomic E-state index is 0.0276. The normalized spacial score (nSPS) is 11.0. The summed E-state index contributed by atoms with van der Waals surface area (Å²) >= 11 is 9.35. The molecule has 140 valence electrons. The number of carbonyl (C=O) groups is 1. The first-order valence-electron chi connectivity index (χ1n) is 7.94. The molecule has 4 nitrogen and oxygen atoms in total. The van der Waals surface area contributed by atoms with Crippen molar-refractivity contribution in [3.05, 3.63) is 74.5 Å². The van der Waals surface area contributed by atoms with Gasteiger partial charge in [0, 0.05) is 17.2 Å². The summed E-state index contributed by atoms with van der Waals surface area (Å²) in [7, 11) is 0. The minimum Gasteiger partial charge on any atom is -0.462 e. The van der Waals surface area contributed by atoms with Crippen LogP contribution in [-0.4, -0.2) is 17.1 Å². The number of nitrogens with zero attached hydrogens (tertiary/aromatic N) is 1. The molecule has 27 heavy (non-hydrogen) atoms. The topological polar surface area (TPSA) is 48.3 Å². The number of pyridine rings is 1. The van der Waals surface area contributed by atoms with Crippen molar-refractivity contribution in [3.8, 4) is 5.69 Å². The third-order valence-electron chi connectivity index (χ3n) is 3.99. The Kier molecular flexibility index (Phi) is 5.62. The zero-order valence-corrected chi connectivity index (χ0v) is 16.4. The van der Waals surface area contributed by atoms with E-state index in [4.69, 9.17) is 16.3 Å². The highest BCUT2D eigenvalue weighted by atomic mass is 79.9. The monoisotopic (exact) mass is 455 g/mol. The van der Waals surface area contributed by atoms with Crippen molar-refractivity contribution < 1.29 is 18.3 Å². The summed E-state index contributed by atoms with van der Waals surface area (Å²) in [6.45, 7) is 1.66. The first-order valence-corrected chi connectivity index (χ1v) is 9.44. The van der Waals surface area contributed by atoms with Gasteiger partial charge in [-0.2, -0.15) is 0 Å². The number of ether oxygens (including phenoxy) is 1. The average Bonchev–Trinajstić information content (AvgIpc) is 2.67. The number of alkyl halides is 1. The molecule has 0 N–H and O–H groups in total. The fraction of sp³-hybridized carbons (Fsp3) is 0.158. The number of fused-ring (bicyclic) bond motifs is 1. The molecule has 0 aliphatic heterocycles. The van der Waals surface area contributed by atoms with Crippen LogP contribution in [0, 0.1) is 11.6 Å². The van der Waals surface area contributed by atoms with Crippen molar-refractivity contribution in [2.45, 2.75) is 12.3 Å². The maximum Gasteiger partial charge on any atom is 0.343 e. The summed E-state index contributed by atoms with van der Waals surface area (Å²) < 4.78 is 34.2. The molecule has 1 aromatic heterocycles. The smallest absolute Gasteiger partial charge is 0.343 e. The highest BCUT2D eigenvalue weighted by Crippen LogP contribution is 2.29. The van der Waals surface area contributed by atoms with Crippen LogP contribution in [0.3, 0.4) is 0 Å². The van der Waals surface area contributed by atoms with Gasteiger partial charge in [0.25, 0.3) is 0 Å². The summed E-state index contributed by atoms with van der Waals surface area (Å²) in [5.41, 5.74) is 0.398. The van der Waals surface area contributed by atoms with Crippen molar-refractivity contribution in [3.63, 3.8) is 0 Å². The van der Waals surface area contributed by atoms with E-state index in [1.54, 1.807) is 19.1 Å². The molecule has 2 aromatic carbocycles. The third-order valence-corrected chi connectivity index (χ3v) is 4.98. The Morgan fingerprint density at radius 3 is 2.52 bits per heavy atom. The van der Waals surface area contributed by atoms with Crippen molar-refractivity contribution in [1.82, 2.24) is 4.57 Å². The van der Waals surface area contributed by atoms with Crippen LogP contribution >= 0.6 is 27.5 Å². The van der Waals surface area contributed by atoms with E-state index in [2.05, 4.69) is 15.9 Å². The number of rotatable bonds is 4. The molecule has 0 saturated heterocycles. The van der Waals surface area contributed by atoms with E-state index >= 15 is 0 Å². The summed E-state index contributed by atoms with van der Waals surface area (Å²) in [5, 5.41) is -0.122. The van der Waals surface area contributed by atoms with Crippen LogP contribution in [0.1, 0.15) is 22.8 Å². The molecule has 0 saturated carbocycles. The van der Waals surface area contributed by atoms with Crippen molar-refractivity contribution in [2.24, 2.45) is 0 Å². The lowest BCUT2D eigenvalue weighted by molar-refractivity contribution is 0.0524. The number of benzene rings is 2. The molecule has 0 fully saturated rings. The molecule has 0 atom stereocenters. The number of esters is 1. The molecule has 3 rings (SSSR count). The second-order valence-corrected chi connectivity index (χ2v) is 6.58. The van der Waals surface area contributed by atoms with Crippen LogP contribution in [0.2, 0.25) is 5.02 Å². The van der Waals surface area contributed by atoms with Crippen LogP contribution in [0.15, 0.2) is 41.3 Å². The van der Waals surface area contributed by atoms with Crippen LogP contribution in [-0.2, 0) is 10.1 Å². The first kappa shape index (κ1) is 19.5. The number of aromatic nitrogens is 1. The predicted molar refractivity (Wildman–Crippen MR) is 103 cm³/mol. The predicted octanol–water partition coefficient (Wildman–Crippen LogP) is 4.99. The van der Waals surface area contributed by atoms with Gasteiger partial charge in [0.1, 0.15) is 10.6 Å². The van der Waals surface area contributed by atoms with E-state index in [9.17, 15) is 18.4 Å². The average molecular weight is 457 g/mol. The molecular formula is C19H13BrClF2NO3. The van der Waals surface area contributed by atoms with E-state index in [1.165, 1.54) is 10.8 Å². The quantitative estimate of drug-likeness (QED) is 0.316.